The number of fused-ring (bicyclic) bond motifs is 1. The monoisotopic (exact) mass is 252 g/mol. The quantitative estimate of drug-likeness (QED) is 0.719. The average molecular weight is 252 g/mol. The molecule has 0 aliphatic heterocycles. The number of benzene rings is 1. The summed E-state index contributed by atoms with van der Waals surface area (Å²) in [7, 11) is 2.01. The molecule has 4 nitrogen and oxygen atoms in total. The third-order valence-corrected chi connectivity index (χ3v) is 3.33. The van der Waals surface area contributed by atoms with Gasteiger partial charge in [0.15, 0.2) is 0 Å². The van der Waals surface area contributed by atoms with Crippen molar-refractivity contribution in [3.8, 4) is 0 Å². The van der Waals surface area contributed by atoms with Crippen LogP contribution in [0.2, 0.25) is 0 Å². The molecule has 0 atom stereocenters. The number of nitrogens with zero attached hydrogens (tertiary/aromatic N) is 4. The summed E-state index contributed by atoms with van der Waals surface area (Å²) in [5.41, 5.74) is 2.06. The van der Waals surface area contributed by atoms with Crippen LogP contribution in [-0.4, -0.2) is 19.5 Å². The Bertz CT molecular complexity index is 715. The summed E-state index contributed by atoms with van der Waals surface area (Å²) < 4.78 is 2.04. The van der Waals surface area contributed by atoms with Crippen LogP contribution in [0.15, 0.2) is 36.7 Å². The summed E-state index contributed by atoms with van der Waals surface area (Å²) in [6.45, 7) is 2.04. The standard InChI is InChI=1S/C15H16N4/c1-11-12-5-3-4-6-13(12)18-14(17-11)7-8-15-16-9-10-19(15)2/h3-6,9-10H,7-8H2,1-2H3. The fourth-order valence-corrected chi connectivity index (χ4v) is 2.27. The molecule has 2 heterocycles. The lowest BCUT2D eigenvalue weighted by atomic mass is 10.2. The number of hydrogen-bond acceptors (Lipinski definition) is 3. The summed E-state index contributed by atoms with van der Waals surface area (Å²) in [5, 5.41) is 1.13. The van der Waals surface area contributed by atoms with Gasteiger partial charge in [-0.1, -0.05) is 18.2 Å². The van der Waals surface area contributed by atoms with Crippen LogP contribution in [0.4, 0.5) is 0 Å². The Kier molecular flexibility index (Phi) is 2.99. The third kappa shape index (κ3) is 2.34. The SMILES string of the molecule is Cc1nc(CCc2nccn2C)nc2ccccc12. The summed E-state index contributed by atoms with van der Waals surface area (Å²) >= 11 is 0. The summed E-state index contributed by atoms with van der Waals surface area (Å²) in [4.78, 5) is 13.5. The predicted molar refractivity (Wildman–Crippen MR) is 74.9 cm³/mol. The zero-order valence-electron chi connectivity index (χ0n) is 11.2. The van der Waals surface area contributed by atoms with E-state index in [9.17, 15) is 0 Å². The Balaban J connectivity index is 1.87. The summed E-state index contributed by atoms with van der Waals surface area (Å²) in [5.74, 6) is 1.95. The van der Waals surface area contributed by atoms with E-state index in [2.05, 4.69) is 21.0 Å². The first-order chi connectivity index (χ1) is 9.24. The van der Waals surface area contributed by atoms with Crippen LogP contribution in [0.25, 0.3) is 10.9 Å². The topological polar surface area (TPSA) is 43.6 Å². The fourth-order valence-electron chi connectivity index (χ4n) is 2.27. The molecule has 0 fully saturated rings. The van der Waals surface area contributed by atoms with E-state index in [0.717, 1.165) is 41.1 Å². The molecule has 0 aliphatic rings. The minimum Gasteiger partial charge on any atom is -0.338 e. The van der Waals surface area contributed by atoms with Gasteiger partial charge in [-0.05, 0) is 13.0 Å². The van der Waals surface area contributed by atoms with Crippen molar-refractivity contribution >= 4 is 10.9 Å². The minimum atomic E-state index is 0.816. The van der Waals surface area contributed by atoms with E-state index in [0.29, 0.717) is 0 Å². The molecule has 0 radical (unpaired) electrons. The van der Waals surface area contributed by atoms with Crippen molar-refractivity contribution in [3.63, 3.8) is 0 Å². The van der Waals surface area contributed by atoms with Gasteiger partial charge in [0.05, 0.1) is 5.52 Å². The van der Waals surface area contributed by atoms with Crippen LogP contribution in [-0.2, 0) is 19.9 Å². The predicted octanol–water partition coefficient (Wildman–Crippen LogP) is 2.46. The van der Waals surface area contributed by atoms with E-state index in [1.54, 1.807) is 0 Å². The molecule has 96 valence electrons. The highest BCUT2D eigenvalue weighted by Crippen LogP contribution is 2.15. The maximum Gasteiger partial charge on any atom is 0.129 e. The lowest BCUT2D eigenvalue weighted by Crippen LogP contribution is -2.04. The van der Waals surface area contributed by atoms with Gasteiger partial charge in [-0.15, -0.1) is 0 Å². The average Bonchev–Trinajstić information content (AvgIpc) is 2.82. The Morgan fingerprint density at radius 3 is 2.74 bits per heavy atom. The number of aryl methyl sites for hydroxylation is 4. The molecule has 0 saturated heterocycles. The number of imidazole rings is 1. The number of aromatic nitrogens is 4. The number of rotatable bonds is 3. The first-order valence-corrected chi connectivity index (χ1v) is 6.42. The maximum atomic E-state index is 4.62. The van der Waals surface area contributed by atoms with Crippen molar-refractivity contribution in [1.82, 2.24) is 19.5 Å². The highest BCUT2D eigenvalue weighted by molar-refractivity contribution is 5.80. The molecule has 0 unspecified atom stereocenters. The van der Waals surface area contributed by atoms with Crippen molar-refractivity contribution in [2.75, 3.05) is 0 Å². The van der Waals surface area contributed by atoms with Crippen LogP contribution in [0, 0.1) is 6.92 Å². The molecule has 4 heteroatoms. The van der Waals surface area contributed by atoms with Crippen molar-refractivity contribution in [1.29, 1.82) is 0 Å². The second kappa shape index (κ2) is 4.80. The van der Waals surface area contributed by atoms with Crippen molar-refractivity contribution in [3.05, 3.63) is 54.0 Å². The molecule has 19 heavy (non-hydrogen) atoms. The zero-order chi connectivity index (χ0) is 13.2. The van der Waals surface area contributed by atoms with Gasteiger partial charge in [-0.25, -0.2) is 15.0 Å². The second-order valence-electron chi connectivity index (χ2n) is 4.70. The van der Waals surface area contributed by atoms with Gasteiger partial charge in [-0.2, -0.15) is 0 Å². The molecule has 0 aliphatic carbocycles. The Labute approximate surface area is 112 Å². The molecular formula is C15H16N4. The highest BCUT2D eigenvalue weighted by Gasteiger charge is 2.06. The molecule has 3 rings (SSSR count). The van der Waals surface area contributed by atoms with Crippen LogP contribution in [0.1, 0.15) is 17.3 Å². The van der Waals surface area contributed by atoms with Gasteiger partial charge in [0, 0.05) is 43.4 Å². The molecular weight excluding hydrogens is 236 g/mol. The van der Waals surface area contributed by atoms with E-state index < -0.39 is 0 Å². The molecule has 0 saturated carbocycles. The van der Waals surface area contributed by atoms with Crippen LogP contribution in [0.3, 0.4) is 0 Å². The number of hydrogen-bond donors (Lipinski definition) is 0. The maximum absolute atomic E-state index is 4.62. The van der Waals surface area contributed by atoms with E-state index in [1.165, 1.54) is 0 Å². The zero-order valence-corrected chi connectivity index (χ0v) is 11.2. The van der Waals surface area contributed by atoms with Gasteiger partial charge >= 0.3 is 0 Å². The van der Waals surface area contributed by atoms with Crippen LogP contribution < -0.4 is 0 Å². The normalized spacial score (nSPS) is 11.1. The van der Waals surface area contributed by atoms with Gasteiger partial charge in [-0.3, -0.25) is 0 Å². The first kappa shape index (κ1) is 11.8. The van der Waals surface area contributed by atoms with Crippen molar-refractivity contribution < 1.29 is 0 Å². The van der Waals surface area contributed by atoms with E-state index in [1.807, 2.05) is 49.1 Å². The third-order valence-electron chi connectivity index (χ3n) is 3.33. The van der Waals surface area contributed by atoms with Gasteiger partial charge in [0.25, 0.3) is 0 Å². The number of para-hydroxylation sites is 1. The highest BCUT2D eigenvalue weighted by atomic mass is 15.0. The molecule has 0 N–H and O–H groups in total. The molecule has 0 bridgehead atoms. The van der Waals surface area contributed by atoms with Crippen LogP contribution in [0.5, 0.6) is 0 Å². The summed E-state index contributed by atoms with van der Waals surface area (Å²) in [6, 6.07) is 8.13. The first-order valence-electron chi connectivity index (χ1n) is 6.42. The van der Waals surface area contributed by atoms with Crippen LogP contribution >= 0.6 is 0 Å². The minimum absolute atomic E-state index is 0.816. The lowest BCUT2D eigenvalue weighted by molar-refractivity contribution is 0.748. The Morgan fingerprint density at radius 1 is 1.11 bits per heavy atom. The lowest BCUT2D eigenvalue weighted by Gasteiger charge is -2.05. The largest absolute Gasteiger partial charge is 0.338 e. The summed E-state index contributed by atoms with van der Waals surface area (Å²) in [6.07, 6.45) is 5.46. The molecule has 3 aromatic rings. The Morgan fingerprint density at radius 2 is 1.95 bits per heavy atom. The van der Waals surface area contributed by atoms with Gasteiger partial charge in [0.1, 0.15) is 11.6 Å². The molecule has 0 amide bonds. The van der Waals surface area contributed by atoms with E-state index >= 15 is 0 Å². The molecule has 1 aromatic carbocycles. The smallest absolute Gasteiger partial charge is 0.129 e. The fraction of sp³-hybridized carbons (Fsp3) is 0.267. The van der Waals surface area contributed by atoms with Gasteiger partial charge < -0.3 is 4.57 Å². The van der Waals surface area contributed by atoms with Crippen molar-refractivity contribution in [2.45, 2.75) is 19.8 Å². The second-order valence-corrected chi connectivity index (χ2v) is 4.70. The van der Waals surface area contributed by atoms with E-state index in [4.69, 9.17) is 0 Å². The Hall–Kier alpha value is -2.23. The van der Waals surface area contributed by atoms with Crippen molar-refractivity contribution in [2.24, 2.45) is 7.05 Å². The molecule has 2 aromatic heterocycles. The molecule has 0 spiro atoms. The van der Waals surface area contributed by atoms with E-state index in [-0.39, 0.29) is 0 Å². The van der Waals surface area contributed by atoms with Gasteiger partial charge in [0.2, 0.25) is 0 Å².